The normalized spacial score (nSPS) is 27.0. The molecule has 2 aliphatic heterocycles. The molecule has 0 aromatic rings. The molecule has 0 spiro atoms. The van der Waals surface area contributed by atoms with Crippen molar-refractivity contribution in [3.05, 3.63) is 0 Å². The molecule has 2 N–H and O–H groups in total. The number of carbonyl (C=O) groups excluding carboxylic acids is 1. The van der Waals surface area contributed by atoms with Gasteiger partial charge in [0.25, 0.3) is 0 Å². The van der Waals surface area contributed by atoms with Crippen LogP contribution in [0.15, 0.2) is 4.99 Å². The maximum absolute atomic E-state index is 12.3. The van der Waals surface area contributed by atoms with Crippen LogP contribution in [0.3, 0.4) is 0 Å². The van der Waals surface area contributed by atoms with Crippen molar-refractivity contribution in [2.75, 3.05) is 58.6 Å². The summed E-state index contributed by atoms with van der Waals surface area (Å²) in [6, 6.07) is 0. The zero-order valence-corrected chi connectivity index (χ0v) is 20.0. The van der Waals surface area contributed by atoms with E-state index < -0.39 is 0 Å². The topological polar surface area (TPSA) is 60.0 Å². The smallest absolute Gasteiger partial charge is 0.225 e. The van der Waals surface area contributed by atoms with Gasteiger partial charge < -0.3 is 15.5 Å². The average Bonchev–Trinajstić information content (AvgIpc) is 3.04. The third-order valence-corrected chi connectivity index (χ3v) is 7.55. The number of halogens is 1. The van der Waals surface area contributed by atoms with E-state index in [0.717, 1.165) is 64.6 Å². The van der Waals surface area contributed by atoms with Crippen LogP contribution in [-0.4, -0.2) is 85.0 Å². The number of thioether (sulfide) groups is 1. The largest absolute Gasteiger partial charge is 0.355 e. The second kappa shape index (κ2) is 11.1. The number of nitrogens with zero attached hydrogens (tertiary/aromatic N) is 3. The molecule has 6 nitrogen and oxygen atoms in total. The lowest BCUT2D eigenvalue weighted by Gasteiger charge is -2.38. The van der Waals surface area contributed by atoms with E-state index in [1.54, 1.807) is 0 Å². The van der Waals surface area contributed by atoms with Gasteiger partial charge in [0, 0.05) is 63.5 Å². The van der Waals surface area contributed by atoms with Gasteiger partial charge >= 0.3 is 0 Å². The average molecular weight is 510 g/mol. The van der Waals surface area contributed by atoms with E-state index in [2.05, 4.69) is 44.1 Å². The summed E-state index contributed by atoms with van der Waals surface area (Å²) in [6.07, 6.45) is 6.05. The van der Waals surface area contributed by atoms with Gasteiger partial charge in [-0.1, -0.05) is 6.42 Å². The second-order valence-electron chi connectivity index (χ2n) is 8.05. The first-order valence-electron chi connectivity index (χ1n) is 10.2. The number of aliphatic imine (C=N–C) groups is 1. The van der Waals surface area contributed by atoms with Crippen LogP contribution in [0.25, 0.3) is 0 Å². The Morgan fingerprint density at radius 1 is 1.19 bits per heavy atom. The minimum Gasteiger partial charge on any atom is -0.355 e. The minimum absolute atomic E-state index is 0. The van der Waals surface area contributed by atoms with Gasteiger partial charge in [0.05, 0.1) is 0 Å². The Labute approximate surface area is 185 Å². The first-order chi connectivity index (χ1) is 12.6. The molecule has 3 fully saturated rings. The predicted octanol–water partition coefficient (Wildman–Crippen LogP) is 2.00. The van der Waals surface area contributed by atoms with Crippen LogP contribution in [0.4, 0.5) is 0 Å². The fourth-order valence-electron chi connectivity index (χ4n) is 3.91. The molecule has 156 valence electrons. The summed E-state index contributed by atoms with van der Waals surface area (Å²) in [5.41, 5.74) is 0. The van der Waals surface area contributed by atoms with Crippen molar-refractivity contribution in [1.29, 1.82) is 0 Å². The lowest BCUT2D eigenvalue weighted by atomic mass is 9.84. The van der Waals surface area contributed by atoms with E-state index in [1.165, 1.54) is 25.0 Å². The standard InChI is InChI=1S/C19H35N5OS.HI/c1-19(7-4-14-26-19)15-22-18(20-2)21-8-9-23-10-12-24(13-11-23)17(25)16-5-3-6-16;/h16H,3-15H2,1-2H3,(H2,20,21,22);1H. The van der Waals surface area contributed by atoms with Crippen LogP contribution >= 0.6 is 35.7 Å². The van der Waals surface area contributed by atoms with Gasteiger partial charge in [-0.25, -0.2) is 0 Å². The van der Waals surface area contributed by atoms with Gasteiger partial charge in [-0.05, 0) is 38.4 Å². The number of hydrogen-bond acceptors (Lipinski definition) is 4. The zero-order chi connectivity index (χ0) is 18.4. The van der Waals surface area contributed by atoms with Gasteiger partial charge in [-0.15, -0.1) is 24.0 Å². The van der Waals surface area contributed by atoms with E-state index in [1.807, 2.05) is 7.05 Å². The number of nitrogens with one attached hydrogen (secondary N) is 2. The lowest BCUT2D eigenvalue weighted by molar-refractivity contribution is -0.139. The number of piperazine rings is 1. The number of guanidine groups is 1. The number of hydrogen-bond donors (Lipinski definition) is 2. The fraction of sp³-hybridized carbons (Fsp3) is 0.895. The molecule has 2 heterocycles. The quantitative estimate of drug-likeness (QED) is 0.326. The highest BCUT2D eigenvalue weighted by molar-refractivity contribution is 14.0. The van der Waals surface area contributed by atoms with Gasteiger partial charge in [0.15, 0.2) is 5.96 Å². The van der Waals surface area contributed by atoms with E-state index in [-0.39, 0.29) is 24.0 Å². The van der Waals surface area contributed by atoms with Crippen LogP contribution in [0.2, 0.25) is 0 Å². The molecular weight excluding hydrogens is 473 g/mol. The number of amides is 1. The van der Waals surface area contributed by atoms with Crippen LogP contribution in [0.5, 0.6) is 0 Å². The van der Waals surface area contributed by atoms with Crippen molar-refractivity contribution in [1.82, 2.24) is 20.4 Å². The third kappa shape index (κ3) is 6.66. The molecule has 1 aliphatic carbocycles. The molecule has 1 amide bonds. The molecule has 27 heavy (non-hydrogen) atoms. The summed E-state index contributed by atoms with van der Waals surface area (Å²) in [5, 5.41) is 6.92. The predicted molar refractivity (Wildman–Crippen MR) is 125 cm³/mol. The Balaban J connectivity index is 0.00000261. The van der Waals surface area contributed by atoms with Crippen molar-refractivity contribution in [2.45, 2.75) is 43.8 Å². The molecule has 3 rings (SSSR count). The molecule has 0 aromatic heterocycles. The Morgan fingerprint density at radius 3 is 2.48 bits per heavy atom. The van der Waals surface area contributed by atoms with E-state index in [0.29, 0.717) is 16.6 Å². The molecule has 0 radical (unpaired) electrons. The lowest BCUT2D eigenvalue weighted by Crippen LogP contribution is -2.52. The van der Waals surface area contributed by atoms with Crippen molar-refractivity contribution >= 4 is 47.6 Å². The molecule has 1 unspecified atom stereocenters. The highest BCUT2D eigenvalue weighted by Gasteiger charge is 2.31. The summed E-state index contributed by atoms with van der Waals surface area (Å²) in [6.45, 7) is 8.95. The van der Waals surface area contributed by atoms with E-state index >= 15 is 0 Å². The molecule has 0 bridgehead atoms. The molecule has 1 atom stereocenters. The maximum atomic E-state index is 12.3. The Kier molecular flexibility index (Phi) is 9.47. The van der Waals surface area contributed by atoms with E-state index in [9.17, 15) is 4.79 Å². The molecule has 0 aromatic carbocycles. The van der Waals surface area contributed by atoms with Crippen molar-refractivity contribution in [3.63, 3.8) is 0 Å². The molecule has 1 saturated carbocycles. The Hall–Kier alpha value is -0.220. The zero-order valence-electron chi connectivity index (χ0n) is 16.8. The fourth-order valence-corrected chi connectivity index (χ4v) is 5.15. The van der Waals surface area contributed by atoms with Crippen LogP contribution in [-0.2, 0) is 4.79 Å². The Morgan fingerprint density at radius 2 is 1.93 bits per heavy atom. The highest BCUT2D eigenvalue weighted by atomic mass is 127. The molecule has 3 aliphatic rings. The van der Waals surface area contributed by atoms with Gasteiger partial charge in [-0.3, -0.25) is 14.7 Å². The SMILES string of the molecule is CN=C(NCCN1CCN(C(=O)C2CCC2)CC1)NCC1(C)CCCS1.I. The van der Waals surface area contributed by atoms with Crippen LogP contribution in [0, 0.1) is 5.92 Å². The van der Waals surface area contributed by atoms with Crippen molar-refractivity contribution in [2.24, 2.45) is 10.9 Å². The highest BCUT2D eigenvalue weighted by Crippen LogP contribution is 2.36. The molecule has 2 saturated heterocycles. The summed E-state index contributed by atoms with van der Waals surface area (Å²) < 4.78 is 0.348. The minimum atomic E-state index is 0. The summed E-state index contributed by atoms with van der Waals surface area (Å²) >= 11 is 2.07. The molecule has 8 heteroatoms. The van der Waals surface area contributed by atoms with E-state index in [4.69, 9.17) is 0 Å². The van der Waals surface area contributed by atoms with Crippen LogP contribution < -0.4 is 10.6 Å². The van der Waals surface area contributed by atoms with Gasteiger partial charge in [0.2, 0.25) is 5.91 Å². The monoisotopic (exact) mass is 509 g/mol. The number of carbonyl (C=O) groups is 1. The first-order valence-corrected chi connectivity index (χ1v) is 11.2. The summed E-state index contributed by atoms with van der Waals surface area (Å²) in [5.74, 6) is 2.91. The summed E-state index contributed by atoms with van der Waals surface area (Å²) in [7, 11) is 1.84. The Bertz CT molecular complexity index is 500. The maximum Gasteiger partial charge on any atom is 0.225 e. The number of rotatable bonds is 6. The second-order valence-corrected chi connectivity index (χ2v) is 9.73. The van der Waals surface area contributed by atoms with Gasteiger partial charge in [-0.2, -0.15) is 11.8 Å². The van der Waals surface area contributed by atoms with Crippen LogP contribution in [0.1, 0.15) is 39.0 Å². The first kappa shape index (κ1) is 23.1. The van der Waals surface area contributed by atoms with Gasteiger partial charge in [0.1, 0.15) is 0 Å². The molecular formula is C19H36IN5OS. The van der Waals surface area contributed by atoms with Crippen molar-refractivity contribution in [3.8, 4) is 0 Å². The summed E-state index contributed by atoms with van der Waals surface area (Å²) in [4.78, 5) is 21.2. The third-order valence-electron chi connectivity index (χ3n) is 6.01. The van der Waals surface area contributed by atoms with Crippen molar-refractivity contribution < 1.29 is 4.79 Å².